The summed E-state index contributed by atoms with van der Waals surface area (Å²) >= 11 is 29.9. The number of aliphatic hydroxyl groups is 1. The van der Waals surface area contributed by atoms with Crippen LogP contribution in [0.3, 0.4) is 0 Å². The first-order valence-corrected chi connectivity index (χ1v) is 21.2. The molecule has 0 bridgehead atoms. The highest BCUT2D eigenvalue weighted by Gasteiger charge is 2.26. The van der Waals surface area contributed by atoms with Crippen LogP contribution >= 0.6 is 58.0 Å². The van der Waals surface area contributed by atoms with Crippen molar-refractivity contribution < 1.29 is 36.2 Å². The van der Waals surface area contributed by atoms with Crippen molar-refractivity contribution in [3.8, 4) is 11.8 Å². The topological polar surface area (TPSA) is 227 Å². The van der Waals surface area contributed by atoms with E-state index in [9.17, 15) is 26.7 Å². The number of hydrogen-bond donors (Lipinski definition) is 5. The van der Waals surface area contributed by atoms with Crippen LogP contribution in [0.4, 0.5) is 23.3 Å². The Balaban J connectivity index is 0.000000249. The minimum absolute atomic E-state index is 0.0449. The van der Waals surface area contributed by atoms with Crippen LogP contribution in [-0.4, -0.2) is 94.8 Å². The maximum absolute atomic E-state index is 12.7. The zero-order valence-corrected chi connectivity index (χ0v) is 35.2. The normalized spacial score (nSPS) is 13.3. The summed E-state index contributed by atoms with van der Waals surface area (Å²) in [6.45, 7) is 3.68. The monoisotopic (exact) mass is 913 g/mol. The number of anilines is 4. The third kappa shape index (κ3) is 11.6. The third-order valence-electron chi connectivity index (χ3n) is 7.80. The summed E-state index contributed by atoms with van der Waals surface area (Å²) in [4.78, 5) is 29.1. The van der Waals surface area contributed by atoms with Gasteiger partial charge in [-0.1, -0.05) is 70.1 Å². The maximum atomic E-state index is 12.7. The molecule has 1 saturated heterocycles. The molecule has 0 unspecified atom stereocenters. The lowest BCUT2D eigenvalue weighted by molar-refractivity contribution is -0.118. The molecule has 2 aromatic heterocycles. The smallest absolute Gasteiger partial charge is 0.264 e. The number of carbonyl (C=O) groups excluding carboxylic acids is 1. The zero-order chi connectivity index (χ0) is 41.2. The Labute approximate surface area is 348 Å². The molecule has 0 saturated carbocycles. The molecule has 5 rings (SSSR count). The van der Waals surface area contributed by atoms with Crippen LogP contribution < -0.4 is 34.5 Å². The SMILES string of the molecule is COc1nc(N2CCC(CO)CC2)cnc1NS(=O)(=O)c1cccc(Cl)c1Cl.COc1nc(NCCNC(C)=O)c(Cl)nc1NS(=O)(=O)c1cccc(Cl)c1Cl. The first-order valence-electron chi connectivity index (χ1n) is 16.3. The van der Waals surface area contributed by atoms with Crippen LogP contribution in [0.2, 0.25) is 25.2 Å². The Hall–Kier alpha value is -3.82. The van der Waals surface area contributed by atoms with Crippen molar-refractivity contribution >= 4 is 107 Å². The van der Waals surface area contributed by atoms with Crippen molar-refractivity contribution in [2.75, 3.05) is 66.7 Å². The minimum atomic E-state index is -4.13. The van der Waals surface area contributed by atoms with E-state index < -0.39 is 20.0 Å². The molecule has 0 aliphatic carbocycles. The Kier molecular flexibility index (Phi) is 16.1. The van der Waals surface area contributed by atoms with Crippen LogP contribution in [0.25, 0.3) is 0 Å². The fourth-order valence-corrected chi connectivity index (χ4v) is 8.69. The van der Waals surface area contributed by atoms with Crippen LogP contribution in [-0.2, 0) is 24.8 Å². The van der Waals surface area contributed by atoms with Crippen molar-refractivity contribution in [1.29, 1.82) is 0 Å². The minimum Gasteiger partial charge on any atom is -0.478 e. The number of amides is 1. The molecule has 1 aliphatic rings. The van der Waals surface area contributed by atoms with Gasteiger partial charge in [0.15, 0.2) is 16.8 Å². The average Bonchev–Trinajstić information content (AvgIpc) is 3.16. The van der Waals surface area contributed by atoms with E-state index in [1.54, 1.807) is 0 Å². The second-order valence-corrected chi connectivity index (χ2v) is 16.9. The second-order valence-electron chi connectivity index (χ2n) is 11.6. The largest absolute Gasteiger partial charge is 0.478 e. The summed E-state index contributed by atoms with van der Waals surface area (Å²) < 4.78 is 65.6. The van der Waals surface area contributed by atoms with Gasteiger partial charge < -0.3 is 30.1 Å². The summed E-state index contributed by atoms with van der Waals surface area (Å²) in [5, 5.41) is 14.6. The number of benzene rings is 2. The number of aromatic nitrogens is 4. The first-order chi connectivity index (χ1) is 26.5. The van der Waals surface area contributed by atoms with Gasteiger partial charge in [0.25, 0.3) is 31.8 Å². The number of aliphatic hydroxyl groups excluding tert-OH is 1. The molecule has 0 atom stereocenters. The Morgan fingerprint density at radius 1 is 0.804 bits per heavy atom. The van der Waals surface area contributed by atoms with Crippen LogP contribution in [0.5, 0.6) is 11.8 Å². The molecular formula is C32H36Cl5N9O8S2. The van der Waals surface area contributed by atoms with Crippen molar-refractivity contribution in [1.82, 2.24) is 25.3 Å². The van der Waals surface area contributed by atoms with Crippen molar-refractivity contribution in [3.63, 3.8) is 0 Å². The molecule has 1 amide bonds. The molecule has 24 heteroatoms. The predicted molar refractivity (Wildman–Crippen MR) is 216 cm³/mol. The number of halogens is 5. The van der Waals surface area contributed by atoms with Gasteiger partial charge in [0.05, 0.1) is 40.5 Å². The number of hydrogen-bond acceptors (Lipinski definition) is 14. The number of piperidine rings is 1. The second kappa shape index (κ2) is 20.0. The standard InChI is InChI=1S/C17H20Cl2N4O4S.C15H16Cl3N5O4S/c1-27-17-16(22-28(25,26)13-4-2-3-12(18)15(13)19)20-9-14(21-17)23-7-5-11(10-24)6-8-23;1-8(24)19-6-7-20-13-12(18)21-14(15(22-13)27-2)23-28(25,26)10-5-3-4-9(16)11(10)17/h2-4,9,11,24H,5-8,10H2,1H3,(H,20,22);3-5H,6-7H2,1-2H3,(H,19,24)(H,20,22)(H,21,23). The van der Waals surface area contributed by atoms with Gasteiger partial charge >= 0.3 is 0 Å². The van der Waals surface area contributed by atoms with E-state index >= 15 is 0 Å². The molecule has 5 N–H and O–H groups in total. The fraction of sp³-hybridized carbons (Fsp3) is 0.344. The molecule has 0 spiro atoms. The lowest BCUT2D eigenvalue weighted by Gasteiger charge is -2.31. The molecule has 1 fully saturated rings. The van der Waals surface area contributed by atoms with E-state index in [-0.39, 0.29) is 76.8 Å². The van der Waals surface area contributed by atoms with E-state index in [2.05, 4.69) is 40.0 Å². The number of nitrogens with one attached hydrogen (secondary N) is 4. The van der Waals surface area contributed by atoms with Gasteiger partial charge in [-0.05, 0) is 43.0 Å². The number of carbonyl (C=O) groups is 1. The van der Waals surface area contributed by atoms with E-state index in [0.717, 1.165) is 25.9 Å². The molecule has 3 heterocycles. The summed E-state index contributed by atoms with van der Waals surface area (Å²) in [6, 6.07) is 8.53. The molecule has 4 aromatic rings. The quantitative estimate of drug-likeness (QED) is 0.0972. The third-order valence-corrected chi connectivity index (χ3v) is 12.7. The van der Waals surface area contributed by atoms with Gasteiger partial charge in [0, 0.05) is 39.7 Å². The summed E-state index contributed by atoms with van der Waals surface area (Å²) in [6.07, 6.45) is 3.18. The molecular weight excluding hydrogens is 880 g/mol. The fourth-order valence-electron chi connectivity index (χ4n) is 4.96. The Morgan fingerprint density at radius 2 is 1.34 bits per heavy atom. The maximum Gasteiger partial charge on any atom is 0.264 e. The Morgan fingerprint density at radius 3 is 1.86 bits per heavy atom. The van der Waals surface area contributed by atoms with Crippen LogP contribution in [0.1, 0.15) is 19.8 Å². The van der Waals surface area contributed by atoms with Gasteiger partial charge in [0.1, 0.15) is 9.79 Å². The highest BCUT2D eigenvalue weighted by molar-refractivity contribution is 7.93. The van der Waals surface area contributed by atoms with Gasteiger partial charge in [0.2, 0.25) is 17.5 Å². The van der Waals surface area contributed by atoms with Gasteiger partial charge in [-0.15, -0.1) is 0 Å². The number of sulfonamides is 2. The number of methoxy groups -OCH3 is 2. The van der Waals surface area contributed by atoms with E-state index in [0.29, 0.717) is 24.8 Å². The molecule has 304 valence electrons. The van der Waals surface area contributed by atoms with E-state index in [4.69, 9.17) is 67.5 Å². The lowest BCUT2D eigenvalue weighted by atomic mass is 9.98. The predicted octanol–water partition coefficient (Wildman–Crippen LogP) is 5.60. The lowest BCUT2D eigenvalue weighted by Crippen LogP contribution is -2.35. The highest BCUT2D eigenvalue weighted by Crippen LogP contribution is 2.34. The first kappa shape index (κ1) is 44.9. The molecule has 17 nitrogen and oxygen atoms in total. The van der Waals surface area contributed by atoms with Crippen LogP contribution in [0, 0.1) is 5.92 Å². The molecule has 1 aliphatic heterocycles. The van der Waals surface area contributed by atoms with E-state index in [1.807, 2.05) is 4.90 Å². The van der Waals surface area contributed by atoms with Gasteiger partial charge in [-0.3, -0.25) is 14.2 Å². The van der Waals surface area contributed by atoms with Crippen molar-refractivity contribution in [2.24, 2.45) is 5.92 Å². The van der Waals surface area contributed by atoms with Gasteiger partial charge in [-0.25, -0.2) is 26.8 Å². The summed E-state index contributed by atoms with van der Waals surface area (Å²) in [5.41, 5.74) is 0. The summed E-state index contributed by atoms with van der Waals surface area (Å²) in [7, 11) is -5.49. The number of nitrogens with zero attached hydrogens (tertiary/aromatic N) is 5. The van der Waals surface area contributed by atoms with Crippen molar-refractivity contribution in [2.45, 2.75) is 29.6 Å². The Bertz CT molecular complexity index is 2250. The van der Waals surface area contributed by atoms with E-state index in [1.165, 1.54) is 63.7 Å². The average molecular weight is 916 g/mol. The van der Waals surface area contributed by atoms with Crippen LogP contribution in [0.15, 0.2) is 52.4 Å². The number of ether oxygens (including phenoxy) is 2. The summed E-state index contributed by atoms with van der Waals surface area (Å²) in [5.74, 6) is 0.505. The molecule has 0 radical (unpaired) electrons. The van der Waals surface area contributed by atoms with Crippen molar-refractivity contribution in [3.05, 3.63) is 67.8 Å². The molecule has 2 aromatic carbocycles. The highest BCUT2D eigenvalue weighted by atomic mass is 35.5. The number of rotatable bonds is 14. The van der Waals surface area contributed by atoms with Gasteiger partial charge in [-0.2, -0.15) is 9.97 Å². The zero-order valence-electron chi connectivity index (χ0n) is 29.8. The molecule has 56 heavy (non-hydrogen) atoms.